The molecule has 0 fully saturated rings. The number of aryl methyl sites for hydroxylation is 2. The Morgan fingerprint density at radius 2 is 1.93 bits per heavy atom. The Morgan fingerprint density at radius 3 is 2.57 bits per heavy atom. The minimum atomic E-state index is -3.88. The summed E-state index contributed by atoms with van der Waals surface area (Å²) in [6.07, 6.45) is 0.646. The molecule has 0 aliphatic rings. The second-order valence-electron chi connectivity index (χ2n) is 6.89. The summed E-state index contributed by atoms with van der Waals surface area (Å²) in [7, 11) is -3.88. The van der Waals surface area contributed by atoms with Crippen LogP contribution in [0.1, 0.15) is 24.5 Å². The Bertz CT molecular complexity index is 1230. The van der Waals surface area contributed by atoms with Gasteiger partial charge >= 0.3 is 0 Å². The summed E-state index contributed by atoms with van der Waals surface area (Å²) in [5.41, 5.74) is 2.99. The molecule has 0 atom stereocenters. The van der Waals surface area contributed by atoms with Gasteiger partial charge in [0.1, 0.15) is 0 Å². The number of amides is 1. The Balaban J connectivity index is 1.74. The third-order valence-electron chi connectivity index (χ3n) is 4.67. The van der Waals surface area contributed by atoms with Crippen molar-refractivity contribution in [3.05, 3.63) is 58.4 Å². The molecular formula is C20H23N5O3S2. The van der Waals surface area contributed by atoms with E-state index in [2.05, 4.69) is 15.5 Å². The second-order valence-corrected chi connectivity index (χ2v) is 8.81. The number of nitrogens with zero attached hydrogens (tertiary/aromatic N) is 2. The van der Waals surface area contributed by atoms with E-state index in [9.17, 15) is 13.2 Å². The van der Waals surface area contributed by atoms with Crippen LogP contribution in [-0.4, -0.2) is 29.1 Å². The minimum absolute atomic E-state index is 0.0153. The van der Waals surface area contributed by atoms with Crippen molar-refractivity contribution in [2.75, 3.05) is 5.32 Å². The summed E-state index contributed by atoms with van der Waals surface area (Å²) in [6.45, 7) is 4.15. The van der Waals surface area contributed by atoms with Gasteiger partial charge in [0, 0.05) is 24.2 Å². The van der Waals surface area contributed by atoms with Gasteiger partial charge in [0.25, 0.3) is 0 Å². The number of benzene rings is 2. The highest BCUT2D eigenvalue weighted by atomic mass is 32.2. The van der Waals surface area contributed by atoms with Crippen molar-refractivity contribution in [3.8, 4) is 11.4 Å². The molecule has 1 aromatic heterocycles. The molecule has 2 aromatic carbocycles. The standard InChI is InChI=1S/C20H23N5O3S2/c1-3-14-8-9-16(12-17(14)30(21,27)28)22-18(26)10-11-25-19(23-24-20(25)29)15-6-4-13(2)5-7-15/h4-9,12H,3,10-11H2,1-2H3,(H,22,26)(H,24,29)(H2,21,27,28). The highest BCUT2D eigenvalue weighted by Crippen LogP contribution is 2.21. The van der Waals surface area contributed by atoms with Crippen LogP contribution in [0.2, 0.25) is 0 Å². The number of carbonyl (C=O) groups excluding carboxylic acids is 1. The fourth-order valence-electron chi connectivity index (χ4n) is 3.07. The average molecular weight is 446 g/mol. The van der Waals surface area contributed by atoms with E-state index in [4.69, 9.17) is 17.4 Å². The van der Waals surface area contributed by atoms with Crippen molar-refractivity contribution >= 4 is 33.8 Å². The van der Waals surface area contributed by atoms with Gasteiger partial charge in [-0.1, -0.05) is 42.8 Å². The van der Waals surface area contributed by atoms with Crippen LogP contribution in [0, 0.1) is 11.7 Å². The van der Waals surface area contributed by atoms with Crippen LogP contribution in [0.25, 0.3) is 11.4 Å². The minimum Gasteiger partial charge on any atom is -0.326 e. The summed E-state index contributed by atoms with van der Waals surface area (Å²) < 4.78 is 25.8. The molecule has 0 saturated heterocycles. The number of H-pyrrole nitrogens is 1. The van der Waals surface area contributed by atoms with E-state index in [1.807, 2.05) is 38.1 Å². The van der Waals surface area contributed by atoms with Gasteiger partial charge in [-0.15, -0.1) is 0 Å². The van der Waals surface area contributed by atoms with Crippen LogP contribution in [0.4, 0.5) is 5.69 Å². The van der Waals surface area contributed by atoms with Crippen molar-refractivity contribution in [3.63, 3.8) is 0 Å². The lowest BCUT2D eigenvalue weighted by molar-refractivity contribution is -0.116. The summed E-state index contributed by atoms with van der Waals surface area (Å²) in [4.78, 5) is 12.5. The molecule has 0 unspecified atom stereocenters. The Labute approximate surface area is 180 Å². The number of hydrogen-bond donors (Lipinski definition) is 3. The van der Waals surface area contributed by atoms with E-state index in [0.29, 0.717) is 34.8 Å². The highest BCUT2D eigenvalue weighted by Gasteiger charge is 2.15. The molecule has 0 spiro atoms. The molecule has 1 amide bonds. The molecule has 30 heavy (non-hydrogen) atoms. The molecule has 0 aliphatic carbocycles. The first kappa shape index (κ1) is 21.9. The third kappa shape index (κ3) is 5.02. The lowest BCUT2D eigenvalue weighted by Crippen LogP contribution is -2.17. The van der Waals surface area contributed by atoms with Gasteiger partial charge in [0.2, 0.25) is 15.9 Å². The van der Waals surface area contributed by atoms with Crippen LogP contribution in [0.3, 0.4) is 0 Å². The number of primary sulfonamides is 1. The number of nitrogens with one attached hydrogen (secondary N) is 2. The summed E-state index contributed by atoms with van der Waals surface area (Å²) in [5.74, 6) is 0.370. The number of anilines is 1. The maximum absolute atomic E-state index is 12.5. The quantitative estimate of drug-likeness (QED) is 0.482. The predicted molar refractivity (Wildman–Crippen MR) is 118 cm³/mol. The molecule has 0 aliphatic heterocycles. The normalized spacial score (nSPS) is 11.4. The molecule has 0 bridgehead atoms. The second kappa shape index (κ2) is 8.90. The first-order chi connectivity index (χ1) is 14.2. The SMILES string of the molecule is CCc1ccc(NC(=O)CCn2c(-c3ccc(C)cc3)n[nH]c2=S)cc1S(N)(=O)=O. The van der Waals surface area contributed by atoms with Crippen molar-refractivity contribution < 1.29 is 13.2 Å². The van der Waals surface area contributed by atoms with E-state index >= 15 is 0 Å². The van der Waals surface area contributed by atoms with Crippen LogP contribution >= 0.6 is 12.2 Å². The monoisotopic (exact) mass is 445 g/mol. The fourth-order valence-corrected chi connectivity index (χ4v) is 4.17. The largest absolute Gasteiger partial charge is 0.326 e. The predicted octanol–water partition coefficient (Wildman–Crippen LogP) is 3.15. The maximum Gasteiger partial charge on any atom is 0.238 e. The maximum atomic E-state index is 12.5. The van der Waals surface area contributed by atoms with Crippen molar-refractivity contribution in [2.45, 2.75) is 38.1 Å². The number of hydrogen-bond acceptors (Lipinski definition) is 5. The molecule has 0 saturated carbocycles. The van der Waals surface area contributed by atoms with Crippen LogP contribution < -0.4 is 10.5 Å². The van der Waals surface area contributed by atoms with Crippen LogP contribution in [0.5, 0.6) is 0 Å². The zero-order valence-corrected chi connectivity index (χ0v) is 18.3. The highest BCUT2D eigenvalue weighted by molar-refractivity contribution is 7.89. The molecule has 4 N–H and O–H groups in total. The number of rotatable bonds is 7. The van der Waals surface area contributed by atoms with Gasteiger partial charge in [-0.25, -0.2) is 13.6 Å². The summed E-state index contributed by atoms with van der Waals surface area (Å²) >= 11 is 5.30. The first-order valence-corrected chi connectivity index (χ1v) is 11.3. The van der Waals surface area contributed by atoms with Crippen molar-refractivity contribution in [2.24, 2.45) is 5.14 Å². The molecule has 3 aromatic rings. The van der Waals surface area contributed by atoms with Crippen molar-refractivity contribution in [1.82, 2.24) is 14.8 Å². The van der Waals surface area contributed by atoms with E-state index in [0.717, 1.165) is 11.1 Å². The summed E-state index contributed by atoms with van der Waals surface area (Å²) in [6, 6.07) is 12.5. The van der Waals surface area contributed by atoms with Gasteiger partial charge in [0.15, 0.2) is 10.6 Å². The molecule has 8 nitrogen and oxygen atoms in total. The molecule has 0 radical (unpaired) electrons. The lowest BCUT2D eigenvalue weighted by Gasteiger charge is -2.11. The number of aromatic amines is 1. The zero-order valence-electron chi connectivity index (χ0n) is 16.7. The van der Waals surface area contributed by atoms with Gasteiger partial charge in [-0.2, -0.15) is 5.10 Å². The number of carbonyl (C=O) groups is 1. The third-order valence-corrected chi connectivity index (χ3v) is 5.97. The van der Waals surface area contributed by atoms with E-state index in [1.165, 1.54) is 6.07 Å². The van der Waals surface area contributed by atoms with Gasteiger partial charge in [0.05, 0.1) is 4.90 Å². The summed E-state index contributed by atoms with van der Waals surface area (Å²) in [5, 5.41) is 15.0. The Kier molecular flexibility index (Phi) is 6.49. The van der Waals surface area contributed by atoms with Gasteiger partial charge in [-0.3, -0.25) is 14.5 Å². The fraction of sp³-hybridized carbons (Fsp3) is 0.250. The Hall–Kier alpha value is -2.82. The Morgan fingerprint density at radius 1 is 1.23 bits per heavy atom. The molecule has 3 rings (SSSR count). The first-order valence-electron chi connectivity index (χ1n) is 9.37. The molecular weight excluding hydrogens is 422 g/mol. The molecule has 10 heteroatoms. The number of aromatic nitrogens is 3. The van der Waals surface area contributed by atoms with Crippen LogP contribution in [0.15, 0.2) is 47.4 Å². The molecule has 158 valence electrons. The lowest BCUT2D eigenvalue weighted by atomic mass is 10.1. The van der Waals surface area contributed by atoms with Gasteiger partial charge in [-0.05, 0) is 43.3 Å². The van der Waals surface area contributed by atoms with Crippen molar-refractivity contribution in [1.29, 1.82) is 0 Å². The topological polar surface area (TPSA) is 123 Å². The smallest absolute Gasteiger partial charge is 0.238 e. The zero-order chi connectivity index (χ0) is 21.9. The average Bonchev–Trinajstić information content (AvgIpc) is 3.06. The van der Waals surface area contributed by atoms with Crippen LogP contribution in [-0.2, 0) is 27.8 Å². The molecule has 1 heterocycles. The van der Waals surface area contributed by atoms with E-state index < -0.39 is 10.0 Å². The number of nitrogens with two attached hydrogens (primary N) is 1. The van der Waals surface area contributed by atoms with E-state index in [-0.39, 0.29) is 17.2 Å². The number of sulfonamides is 1. The van der Waals surface area contributed by atoms with Gasteiger partial charge < -0.3 is 5.32 Å². The van der Waals surface area contributed by atoms with E-state index in [1.54, 1.807) is 16.7 Å².